The van der Waals surface area contributed by atoms with E-state index in [4.69, 9.17) is 11.2 Å². The second-order valence-electron chi connectivity index (χ2n) is 7.39. The molecule has 3 rings (SSSR count). The Morgan fingerprint density at radius 1 is 1.25 bits per heavy atom. The van der Waals surface area contributed by atoms with E-state index in [0.29, 0.717) is 11.1 Å². The number of benzene rings is 2. The molecular formula is C23H19Br2FO2. The van der Waals surface area contributed by atoms with Gasteiger partial charge < -0.3 is 4.74 Å². The van der Waals surface area contributed by atoms with Crippen LogP contribution in [0.25, 0.3) is 11.1 Å². The van der Waals surface area contributed by atoms with Crippen molar-refractivity contribution >= 4 is 37.8 Å². The van der Waals surface area contributed by atoms with Gasteiger partial charge in [-0.1, -0.05) is 56.2 Å². The molecule has 0 bridgehead atoms. The van der Waals surface area contributed by atoms with E-state index in [9.17, 15) is 9.18 Å². The predicted octanol–water partition coefficient (Wildman–Crippen LogP) is 6.42. The lowest BCUT2D eigenvalue weighted by atomic mass is 10.0. The molecule has 28 heavy (non-hydrogen) atoms. The fourth-order valence-electron chi connectivity index (χ4n) is 3.47. The summed E-state index contributed by atoms with van der Waals surface area (Å²) in [6.07, 6.45) is 7.32. The summed E-state index contributed by atoms with van der Waals surface area (Å²) >= 11 is 6.67. The maximum atomic E-state index is 15.0. The number of halogens is 3. The first kappa shape index (κ1) is 20.8. The van der Waals surface area contributed by atoms with E-state index in [1.54, 1.807) is 42.5 Å². The molecule has 1 aliphatic rings. The van der Waals surface area contributed by atoms with Gasteiger partial charge >= 0.3 is 5.97 Å². The lowest BCUT2D eigenvalue weighted by molar-refractivity contribution is -0.147. The number of terminal acetylenes is 1. The Bertz CT molecular complexity index is 967. The van der Waals surface area contributed by atoms with Crippen LogP contribution in [0, 0.1) is 35.4 Å². The van der Waals surface area contributed by atoms with Crippen LogP contribution in [-0.4, -0.2) is 5.97 Å². The Kier molecular flexibility index (Phi) is 6.12. The molecule has 0 N–H and O–H groups in total. The van der Waals surface area contributed by atoms with Gasteiger partial charge in [0.15, 0.2) is 0 Å². The second kappa shape index (κ2) is 8.23. The van der Waals surface area contributed by atoms with Crippen molar-refractivity contribution in [1.29, 1.82) is 0 Å². The minimum absolute atomic E-state index is 0.0830. The third kappa shape index (κ3) is 4.24. The molecule has 1 fully saturated rings. The normalized spacial score (nSPS) is 19.4. The van der Waals surface area contributed by atoms with E-state index in [0.717, 1.165) is 14.5 Å². The highest BCUT2D eigenvalue weighted by Crippen LogP contribution is 2.60. The molecule has 1 saturated carbocycles. The number of allylic oxidation sites excluding steroid dienone is 1. The van der Waals surface area contributed by atoms with Crippen LogP contribution >= 0.6 is 31.9 Å². The van der Waals surface area contributed by atoms with Crippen LogP contribution in [0.2, 0.25) is 0 Å². The maximum absolute atomic E-state index is 15.0. The molecule has 1 aliphatic carbocycles. The average molecular weight is 506 g/mol. The molecular weight excluding hydrogens is 487 g/mol. The molecule has 0 saturated heterocycles. The van der Waals surface area contributed by atoms with Crippen LogP contribution in [-0.2, 0) is 16.1 Å². The van der Waals surface area contributed by atoms with Crippen molar-refractivity contribution in [3.05, 3.63) is 68.9 Å². The number of hydrogen-bond acceptors (Lipinski definition) is 2. The fourth-order valence-corrected chi connectivity index (χ4v) is 4.04. The van der Waals surface area contributed by atoms with Gasteiger partial charge in [-0.25, -0.2) is 4.39 Å². The van der Waals surface area contributed by atoms with Crippen molar-refractivity contribution in [1.82, 2.24) is 0 Å². The van der Waals surface area contributed by atoms with Gasteiger partial charge in [-0.05, 0) is 60.9 Å². The number of ether oxygens (including phenoxy) is 1. The maximum Gasteiger partial charge on any atom is 0.310 e. The van der Waals surface area contributed by atoms with E-state index in [1.807, 2.05) is 19.9 Å². The number of carbonyl (C=O) groups excluding carboxylic acids is 1. The molecule has 0 radical (unpaired) electrons. The third-order valence-corrected chi connectivity index (χ3v) is 5.81. The van der Waals surface area contributed by atoms with Gasteiger partial charge in [0, 0.05) is 16.7 Å². The van der Waals surface area contributed by atoms with E-state index in [1.165, 1.54) is 0 Å². The van der Waals surface area contributed by atoms with Crippen molar-refractivity contribution in [2.75, 3.05) is 0 Å². The standard InChI is InChI=1S/C23H19Br2FO2/c1-4-14-8-10-15(11-9-14)17-7-5-6-16(21(17)26)13-28-22(27)20-18(12-19(24)25)23(20,2)3/h1,5-12,18,20H,13H2,2-3H3/t18-,20-/m0/s1. The van der Waals surface area contributed by atoms with Gasteiger partial charge in [-0.2, -0.15) is 0 Å². The lowest BCUT2D eigenvalue weighted by Gasteiger charge is -2.10. The van der Waals surface area contributed by atoms with Gasteiger partial charge in [0.25, 0.3) is 0 Å². The van der Waals surface area contributed by atoms with Gasteiger partial charge in [0.2, 0.25) is 0 Å². The Labute approximate surface area is 181 Å². The molecule has 2 nitrogen and oxygen atoms in total. The third-order valence-electron chi connectivity index (χ3n) is 5.28. The van der Waals surface area contributed by atoms with Crippen molar-refractivity contribution in [3.8, 4) is 23.5 Å². The molecule has 144 valence electrons. The monoisotopic (exact) mass is 504 g/mol. The van der Waals surface area contributed by atoms with Crippen molar-refractivity contribution in [3.63, 3.8) is 0 Å². The molecule has 0 aromatic heterocycles. The molecule has 2 aromatic carbocycles. The van der Waals surface area contributed by atoms with E-state index in [-0.39, 0.29) is 29.8 Å². The summed E-state index contributed by atoms with van der Waals surface area (Å²) in [4.78, 5) is 12.5. The van der Waals surface area contributed by atoms with Crippen LogP contribution in [0.4, 0.5) is 4.39 Å². The predicted molar refractivity (Wildman–Crippen MR) is 116 cm³/mol. The highest BCUT2D eigenvalue weighted by Gasteiger charge is 2.61. The van der Waals surface area contributed by atoms with E-state index in [2.05, 4.69) is 37.8 Å². The molecule has 2 atom stereocenters. The average Bonchev–Trinajstić information content (AvgIpc) is 3.20. The van der Waals surface area contributed by atoms with Gasteiger partial charge in [-0.15, -0.1) is 6.42 Å². The van der Waals surface area contributed by atoms with E-state index < -0.39 is 5.82 Å². The molecule has 0 aliphatic heterocycles. The summed E-state index contributed by atoms with van der Waals surface area (Å²) in [5.74, 6) is 1.69. The van der Waals surface area contributed by atoms with E-state index >= 15 is 0 Å². The first-order valence-electron chi connectivity index (χ1n) is 8.79. The molecule has 5 heteroatoms. The second-order valence-corrected chi connectivity index (χ2v) is 10.2. The molecule has 0 unspecified atom stereocenters. The van der Waals surface area contributed by atoms with Gasteiger partial charge in [-0.3, -0.25) is 4.79 Å². The summed E-state index contributed by atoms with van der Waals surface area (Å²) in [7, 11) is 0. The zero-order valence-corrected chi connectivity index (χ0v) is 18.7. The number of hydrogen-bond donors (Lipinski definition) is 0. The lowest BCUT2D eigenvalue weighted by Crippen LogP contribution is -2.11. The Hall–Kier alpha value is -1.90. The zero-order chi connectivity index (χ0) is 20.5. The highest BCUT2D eigenvalue weighted by atomic mass is 79.9. The Morgan fingerprint density at radius 2 is 1.93 bits per heavy atom. The SMILES string of the molecule is C#Cc1ccc(-c2cccc(COC(=O)[C@@H]3[C@H](C=C(Br)Br)C3(C)C)c2F)cc1. The minimum Gasteiger partial charge on any atom is -0.460 e. The first-order chi connectivity index (χ1) is 13.3. The van der Waals surface area contributed by atoms with Crippen LogP contribution < -0.4 is 0 Å². The highest BCUT2D eigenvalue weighted by molar-refractivity contribution is 9.28. The van der Waals surface area contributed by atoms with Crippen molar-refractivity contribution in [2.45, 2.75) is 20.5 Å². The summed E-state index contributed by atoms with van der Waals surface area (Å²) in [6.45, 7) is 3.94. The van der Waals surface area contributed by atoms with Crippen LogP contribution in [0.1, 0.15) is 25.0 Å². The summed E-state index contributed by atoms with van der Waals surface area (Å²) in [5, 5.41) is 0. The van der Waals surface area contributed by atoms with Crippen LogP contribution in [0.5, 0.6) is 0 Å². The number of rotatable bonds is 5. The Balaban J connectivity index is 1.73. The molecule has 2 aromatic rings. The van der Waals surface area contributed by atoms with Gasteiger partial charge in [0.1, 0.15) is 12.4 Å². The molecule has 0 heterocycles. The molecule has 0 spiro atoms. The fraction of sp³-hybridized carbons (Fsp3) is 0.261. The number of carbonyl (C=O) groups is 1. The van der Waals surface area contributed by atoms with Crippen LogP contribution in [0.3, 0.4) is 0 Å². The quantitative estimate of drug-likeness (QED) is 0.346. The largest absolute Gasteiger partial charge is 0.460 e. The smallest absolute Gasteiger partial charge is 0.310 e. The summed E-state index contributed by atoms with van der Waals surface area (Å²) < 4.78 is 21.2. The summed E-state index contributed by atoms with van der Waals surface area (Å²) in [5.41, 5.74) is 2.08. The Morgan fingerprint density at radius 3 is 2.54 bits per heavy atom. The van der Waals surface area contributed by atoms with Crippen LogP contribution in [0.15, 0.2) is 51.9 Å². The van der Waals surface area contributed by atoms with Gasteiger partial charge in [0.05, 0.1) is 9.31 Å². The van der Waals surface area contributed by atoms with Crippen molar-refractivity contribution in [2.24, 2.45) is 17.3 Å². The molecule has 0 amide bonds. The number of esters is 1. The topological polar surface area (TPSA) is 26.3 Å². The van der Waals surface area contributed by atoms with Crippen molar-refractivity contribution < 1.29 is 13.9 Å². The zero-order valence-electron chi connectivity index (χ0n) is 15.5. The first-order valence-corrected chi connectivity index (χ1v) is 10.4. The summed E-state index contributed by atoms with van der Waals surface area (Å²) in [6, 6.07) is 12.2. The minimum atomic E-state index is -0.390.